The lowest BCUT2D eigenvalue weighted by molar-refractivity contribution is 0.335. The maximum Gasteiger partial charge on any atom is 0.170 e. The van der Waals surface area contributed by atoms with Crippen molar-refractivity contribution in [3.63, 3.8) is 0 Å². The molecule has 1 aliphatic rings. The first-order valence-electron chi connectivity index (χ1n) is 6.32. The summed E-state index contributed by atoms with van der Waals surface area (Å²) in [6.07, 6.45) is 1.83. The monoisotopic (exact) mass is 289 g/mol. The van der Waals surface area contributed by atoms with Gasteiger partial charge in [0, 0.05) is 17.6 Å². The standard InChI is InChI=1S/C14H15N3S2/c1-2-17-13(11-7-5-9-19-11)12(16-14(17)18)10-6-3-4-8-15-10/h3-9,12-13H,2H2,1H3,(H,16,18)/t12-,13+/m0/s1. The third-order valence-corrected chi connectivity index (χ3v) is 4.67. The van der Waals surface area contributed by atoms with E-state index in [4.69, 9.17) is 12.2 Å². The molecule has 0 spiro atoms. The fourth-order valence-electron chi connectivity index (χ4n) is 2.51. The molecule has 0 bridgehead atoms. The predicted octanol–water partition coefficient (Wildman–Crippen LogP) is 3.14. The number of rotatable bonds is 3. The highest BCUT2D eigenvalue weighted by molar-refractivity contribution is 7.80. The van der Waals surface area contributed by atoms with Gasteiger partial charge in [0.2, 0.25) is 0 Å². The quantitative estimate of drug-likeness (QED) is 0.879. The van der Waals surface area contributed by atoms with Gasteiger partial charge in [0.25, 0.3) is 0 Å². The van der Waals surface area contributed by atoms with Gasteiger partial charge in [-0.25, -0.2) is 0 Å². The maximum atomic E-state index is 5.46. The molecule has 3 heterocycles. The topological polar surface area (TPSA) is 28.2 Å². The zero-order valence-electron chi connectivity index (χ0n) is 10.6. The van der Waals surface area contributed by atoms with Crippen LogP contribution in [0.2, 0.25) is 0 Å². The van der Waals surface area contributed by atoms with E-state index >= 15 is 0 Å². The van der Waals surface area contributed by atoms with Crippen molar-refractivity contribution in [3.8, 4) is 0 Å². The van der Waals surface area contributed by atoms with Gasteiger partial charge in [-0.1, -0.05) is 12.1 Å². The molecule has 2 atom stereocenters. The Hall–Kier alpha value is -1.46. The van der Waals surface area contributed by atoms with Crippen LogP contribution in [-0.4, -0.2) is 21.5 Å². The van der Waals surface area contributed by atoms with E-state index in [1.165, 1.54) is 4.88 Å². The third kappa shape index (κ3) is 2.24. The summed E-state index contributed by atoms with van der Waals surface area (Å²) in [5.74, 6) is 0. The molecule has 0 aliphatic carbocycles. The van der Waals surface area contributed by atoms with E-state index in [1.807, 2.05) is 18.3 Å². The minimum absolute atomic E-state index is 0.132. The summed E-state index contributed by atoms with van der Waals surface area (Å²) in [7, 11) is 0. The molecule has 1 saturated heterocycles. The van der Waals surface area contributed by atoms with E-state index in [0.29, 0.717) is 0 Å². The predicted molar refractivity (Wildman–Crippen MR) is 82.2 cm³/mol. The van der Waals surface area contributed by atoms with Crippen molar-refractivity contribution in [2.24, 2.45) is 0 Å². The molecule has 0 saturated carbocycles. The summed E-state index contributed by atoms with van der Waals surface area (Å²) in [5, 5.41) is 6.34. The van der Waals surface area contributed by atoms with Crippen molar-refractivity contribution in [1.82, 2.24) is 15.2 Å². The first-order chi connectivity index (χ1) is 9.31. The van der Waals surface area contributed by atoms with Crippen LogP contribution in [-0.2, 0) is 0 Å². The van der Waals surface area contributed by atoms with E-state index in [0.717, 1.165) is 17.4 Å². The van der Waals surface area contributed by atoms with Gasteiger partial charge in [0.1, 0.15) is 0 Å². The van der Waals surface area contributed by atoms with Gasteiger partial charge in [0.15, 0.2) is 5.11 Å². The molecule has 5 heteroatoms. The van der Waals surface area contributed by atoms with Gasteiger partial charge in [-0.05, 0) is 42.7 Å². The number of nitrogens with zero attached hydrogens (tertiary/aromatic N) is 2. The minimum Gasteiger partial charge on any atom is -0.352 e. The smallest absolute Gasteiger partial charge is 0.170 e. The third-order valence-electron chi connectivity index (χ3n) is 3.37. The van der Waals surface area contributed by atoms with Crippen LogP contribution in [0.5, 0.6) is 0 Å². The fourth-order valence-corrected chi connectivity index (χ4v) is 3.76. The molecular weight excluding hydrogens is 274 g/mol. The zero-order chi connectivity index (χ0) is 13.2. The van der Waals surface area contributed by atoms with Gasteiger partial charge in [-0.15, -0.1) is 11.3 Å². The van der Waals surface area contributed by atoms with Gasteiger partial charge >= 0.3 is 0 Å². The molecule has 3 nitrogen and oxygen atoms in total. The lowest BCUT2D eigenvalue weighted by Crippen LogP contribution is -2.28. The van der Waals surface area contributed by atoms with E-state index in [2.05, 4.69) is 45.7 Å². The average Bonchev–Trinajstić information content (AvgIpc) is 3.06. The average molecular weight is 289 g/mol. The first kappa shape index (κ1) is 12.6. The van der Waals surface area contributed by atoms with Crippen molar-refractivity contribution in [2.45, 2.75) is 19.0 Å². The van der Waals surface area contributed by atoms with Crippen LogP contribution in [0.3, 0.4) is 0 Å². The van der Waals surface area contributed by atoms with Crippen LogP contribution >= 0.6 is 23.6 Å². The van der Waals surface area contributed by atoms with Crippen molar-refractivity contribution in [1.29, 1.82) is 0 Å². The highest BCUT2D eigenvalue weighted by Gasteiger charge is 2.39. The number of likely N-dealkylation sites (N-methyl/N-ethyl adjacent to an activating group) is 1. The van der Waals surface area contributed by atoms with Crippen LogP contribution in [0.25, 0.3) is 0 Å². The molecule has 0 radical (unpaired) electrons. The lowest BCUT2D eigenvalue weighted by Gasteiger charge is -2.25. The van der Waals surface area contributed by atoms with E-state index in [9.17, 15) is 0 Å². The van der Waals surface area contributed by atoms with Crippen LogP contribution in [0, 0.1) is 0 Å². The molecule has 1 fully saturated rings. The first-order valence-corrected chi connectivity index (χ1v) is 7.61. The Morgan fingerprint density at radius 1 is 1.37 bits per heavy atom. The zero-order valence-corrected chi connectivity index (χ0v) is 12.2. The molecule has 0 unspecified atom stereocenters. The largest absolute Gasteiger partial charge is 0.352 e. The number of thiophene rings is 1. The summed E-state index contributed by atoms with van der Waals surface area (Å²) < 4.78 is 0. The molecule has 1 aliphatic heterocycles. The Kier molecular flexibility index (Phi) is 3.48. The van der Waals surface area contributed by atoms with E-state index in [1.54, 1.807) is 11.3 Å². The van der Waals surface area contributed by atoms with Crippen molar-refractivity contribution in [3.05, 3.63) is 52.5 Å². The number of hydrogen-bond donors (Lipinski definition) is 1. The van der Waals surface area contributed by atoms with Gasteiger partial charge in [-0.3, -0.25) is 4.98 Å². The summed E-state index contributed by atoms with van der Waals surface area (Å²) in [4.78, 5) is 8.04. The highest BCUT2D eigenvalue weighted by atomic mass is 32.1. The van der Waals surface area contributed by atoms with Crippen molar-refractivity contribution < 1.29 is 0 Å². The van der Waals surface area contributed by atoms with Crippen LogP contribution < -0.4 is 5.32 Å². The highest BCUT2D eigenvalue weighted by Crippen LogP contribution is 2.39. The summed E-state index contributed by atoms with van der Waals surface area (Å²) in [6, 6.07) is 10.6. The Labute approximate surface area is 122 Å². The Morgan fingerprint density at radius 2 is 2.26 bits per heavy atom. The lowest BCUT2D eigenvalue weighted by atomic mass is 10.0. The van der Waals surface area contributed by atoms with Crippen molar-refractivity contribution in [2.75, 3.05) is 6.54 Å². The van der Waals surface area contributed by atoms with E-state index < -0.39 is 0 Å². The summed E-state index contributed by atoms with van der Waals surface area (Å²) >= 11 is 7.23. The normalized spacial score (nSPS) is 22.6. The molecule has 2 aromatic heterocycles. The molecule has 19 heavy (non-hydrogen) atoms. The van der Waals surface area contributed by atoms with Crippen LogP contribution in [0.4, 0.5) is 0 Å². The fraction of sp³-hybridized carbons (Fsp3) is 0.286. The van der Waals surface area contributed by atoms with Gasteiger partial charge in [-0.2, -0.15) is 0 Å². The SMILES string of the molecule is CCN1C(=S)N[C@@H](c2ccccn2)[C@H]1c1cccs1. The number of hydrogen-bond acceptors (Lipinski definition) is 3. The number of pyridine rings is 1. The molecular formula is C14H15N3S2. The minimum atomic E-state index is 0.132. The molecule has 1 N–H and O–H groups in total. The number of thiocarbonyl (C=S) groups is 1. The van der Waals surface area contributed by atoms with Gasteiger partial charge in [0.05, 0.1) is 17.8 Å². The second-order valence-electron chi connectivity index (χ2n) is 4.43. The molecule has 2 aromatic rings. The summed E-state index contributed by atoms with van der Waals surface area (Å²) in [6.45, 7) is 3.03. The second-order valence-corrected chi connectivity index (χ2v) is 5.79. The Bertz CT molecular complexity index is 553. The Balaban J connectivity index is 2.01. The molecule has 98 valence electrons. The molecule has 0 amide bonds. The van der Waals surface area contributed by atoms with Crippen molar-refractivity contribution >= 4 is 28.7 Å². The maximum absolute atomic E-state index is 5.46. The van der Waals surface area contributed by atoms with E-state index in [-0.39, 0.29) is 12.1 Å². The number of nitrogens with one attached hydrogen (secondary N) is 1. The number of aromatic nitrogens is 1. The van der Waals surface area contributed by atoms with Crippen LogP contribution in [0.1, 0.15) is 29.6 Å². The molecule has 0 aromatic carbocycles. The molecule has 3 rings (SSSR count). The summed E-state index contributed by atoms with van der Waals surface area (Å²) in [5.41, 5.74) is 1.04. The van der Waals surface area contributed by atoms with Gasteiger partial charge < -0.3 is 10.2 Å². The second kappa shape index (κ2) is 5.27. The van der Waals surface area contributed by atoms with Crippen LogP contribution in [0.15, 0.2) is 41.9 Å². The Morgan fingerprint density at radius 3 is 2.89 bits per heavy atom.